The zero-order chi connectivity index (χ0) is 21.7. The summed E-state index contributed by atoms with van der Waals surface area (Å²) in [4.78, 5) is 0. The Balaban J connectivity index is 2.15. The van der Waals surface area contributed by atoms with Crippen LogP contribution >= 0.6 is 0 Å². The van der Waals surface area contributed by atoms with Crippen molar-refractivity contribution in [3.05, 3.63) is 18.2 Å². The van der Waals surface area contributed by atoms with Crippen molar-refractivity contribution in [1.82, 2.24) is 4.57 Å². The third-order valence-electron chi connectivity index (χ3n) is 6.57. The van der Waals surface area contributed by atoms with E-state index in [0.717, 1.165) is 0 Å². The highest BCUT2D eigenvalue weighted by Crippen LogP contribution is 2.12. The molecule has 1 heterocycles. The lowest BCUT2D eigenvalue weighted by Crippen LogP contribution is -2.37. The number of hydrogen-bond donors (Lipinski definition) is 0. The molecule has 0 bridgehead atoms. The third kappa shape index (κ3) is 13.5. The van der Waals surface area contributed by atoms with Gasteiger partial charge in [-0.1, -0.05) is 111 Å². The van der Waals surface area contributed by atoms with Gasteiger partial charge in [0, 0.05) is 6.42 Å². The van der Waals surface area contributed by atoms with Gasteiger partial charge in [0.05, 0.1) is 13.1 Å². The molecular formula is C28H55N2+. The van der Waals surface area contributed by atoms with Crippen LogP contribution in [0.3, 0.4) is 0 Å². The van der Waals surface area contributed by atoms with Crippen molar-refractivity contribution in [2.45, 2.75) is 162 Å². The van der Waals surface area contributed by atoms with Crippen LogP contribution in [0.15, 0.2) is 12.4 Å². The monoisotopic (exact) mass is 419 g/mol. The van der Waals surface area contributed by atoms with E-state index in [1.807, 2.05) is 0 Å². The number of unbranched alkanes of at least 4 members (excludes halogenated alkanes) is 16. The minimum absolute atomic E-state index is 1.22. The molecule has 0 saturated carbocycles. The molecule has 1 rings (SSSR count). The molecule has 0 radical (unpaired) electrons. The number of nitrogens with zero attached hydrogens (tertiary/aromatic N) is 2. The van der Waals surface area contributed by atoms with E-state index in [4.69, 9.17) is 0 Å². The van der Waals surface area contributed by atoms with Gasteiger partial charge in [-0.3, -0.25) is 0 Å². The molecular weight excluding hydrogens is 364 g/mol. The maximum absolute atomic E-state index is 2.55. The smallest absolute Gasteiger partial charge is 0.234 e. The molecule has 0 unspecified atom stereocenters. The van der Waals surface area contributed by atoms with Gasteiger partial charge in [0.1, 0.15) is 12.4 Å². The zero-order valence-electron chi connectivity index (χ0n) is 21.1. The van der Waals surface area contributed by atoms with E-state index in [9.17, 15) is 0 Å². The van der Waals surface area contributed by atoms with Crippen LogP contribution in [-0.4, -0.2) is 4.57 Å². The number of rotatable bonds is 22. The summed E-state index contributed by atoms with van der Waals surface area (Å²) in [5.41, 5.74) is 0. The van der Waals surface area contributed by atoms with Gasteiger partial charge in [-0.05, 0) is 32.1 Å². The summed E-state index contributed by atoms with van der Waals surface area (Å²) in [6.07, 6.45) is 32.6. The van der Waals surface area contributed by atoms with Crippen LogP contribution in [-0.2, 0) is 19.5 Å². The lowest BCUT2D eigenvalue weighted by Gasteiger charge is -2.06. The first-order chi connectivity index (χ1) is 14.8. The van der Waals surface area contributed by atoms with E-state index in [1.165, 1.54) is 142 Å². The van der Waals surface area contributed by atoms with Crippen LogP contribution < -0.4 is 4.57 Å². The van der Waals surface area contributed by atoms with E-state index in [1.54, 1.807) is 5.82 Å². The van der Waals surface area contributed by atoms with Crippen LogP contribution in [0.2, 0.25) is 0 Å². The summed E-state index contributed by atoms with van der Waals surface area (Å²) in [5.74, 6) is 1.57. The Bertz CT molecular complexity index is 477. The first kappa shape index (κ1) is 27.2. The predicted octanol–water partition coefficient (Wildman–Crippen LogP) is 8.79. The van der Waals surface area contributed by atoms with Crippen molar-refractivity contribution in [2.75, 3.05) is 0 Å². The fourth-order valence-corrected chi connectivity index (χ4v) is 4.60. The van der Waals surface area contributed by atoms with Crippen molar-refractivity contribution in [3.63, 3.8) is 0 Å². The Hall–Kier alpha value is -0.790. The molecule has 2 heteroatoms. The molecule has 0 amide bonds. The number of aryl methyl sites for hydroxylation is 2. The quantitative estimate of drug-likeness (QED) is 0.131. The first-order valence-corrected chi connectivity index (χ1v) is 13.9. The fourth-order valence-electron chi connectivity index (χ4n) is 4.60. The predicted molar refractivity (Wildman–Crippen MR) is 133 cm³/mol. The number of hydrogen-bond acceptors (Lipinski definition) is 0. The van der Waals surface area contributed by atoms with Crippen LogP contribution in [0.1, 0.15) is 149 Å². The van der Waals surface area contributed by atoms with Gasteiger partial charge in [-0.15, -0.1) is 0 Å². The summed E-state index contributed by atoms with van der Waals surface area (Å²) in [7, 11) is 0. The van der Waals surface area contributed by atoms with E-state index in [-0.39, 0.29) is 0 Å². The largest absolute Gasteiger partial charge is 0.256 e. The Morgan fingerprint density at radius 3 is 1.53 bits per heavy atom. The number of aromatic nitrogens is 2. The lowest BCUT2D eigenvalue weighted by molar-refractivity contribution is -0.704. The second-order valence-electron chi connectivity index (χ2n) is 9.51. The zero-order valence-corrected chi connectivity index (χ0v) is 21.1. The van der Waals surface area contributed by atoms with Crippen molar-refractivity contribution in [3.8, 4) is 0 Å². The maximum atomic E-state index is 2.55. The van der Waals surface area contributed by atoms with Crippen molar-refractivity contribution in [2.24, 2.45) is 0 Å². The standard InChI is InChI=1S/C28H55N2/c1-4-7-9-11-13-14-15-16-18-20-22-25-30-27-26-29(28(30)23-6-3)24-21-19-17-12-10-8-5-2/h26-27H,4-25H2,1-3H3/q+1. The third-order valence-corrected chi connectivity index (χ3v) is 6.57. The minimum atomic E-state index is 1.22. The molecule has 0 aliphatic carbocycles. The summed E-state index contributed by atoms with van der Waals surface area (Å²) in [6.45, 7) is 9.35. The van der Waals surface area contributed by atoms with Crippen LogP contribution in [0.25, 0.3) is 0 Å². The number of imidazole rings is 1. The highest BCUT2D eigenvalue weighted by molar-refractivity contribution is 4.84. The van der Waals surface area contributed by atoms with E-state index in [2.05, 4.69) is 42.3 Å². The fraction of sp³-hybridized carbons (Fsp3) is 0.893. The first-order valence-electron chi connectivity index (χ1n) is 13.9. The lowest BCUT2D eigenvalue weighted by atomic mass is 10.1. The van der Waals surface area contributed by atoms with E-state index < -0.39 is 0 Å². The van der Waals surface area contributed by atoms with Crippen molar-refractivity contribution >= 4 is 0 Å². The SMILES string of the molecule is CCCCCCCCCCCCCn1cc[n+](CCCCCCCCC)c1CCC. The van der Waals surface area contributed by atoms with Gasteiger partial charge in [0.25, 0.3) is 5.82 Å². The van der Waals surface area contributed by atoms with Crippen LogP contribution in [0.4, 0.5) is 0 Å². The van der Waals surface area contributed by atoms with Crippen LogP contribution in [0, 0.1) is 0 Å². The van der Waals surface area contributed by atoms with Crippen molar-refractivity contribution in [1.29, 1.82) is 0 Å². The second kappa shape index (κ2) is 20.1. The van der Waals surface area contributed by atoms with Crippen molar-refractivity contribution < 1.29 is 4.57 Å². The molecule has 1 aromatic heterocycles. The molecule has 0 spiro atoms. The summed E-state index contributed by atoms with van der Waals surface area (Å²) >= 11 is 0. The maximum Gasteiger partial charge on any atom is 0.256 e. The summed E-state index contributed by atoms with van der Waals surface area (Å²) < 4.78 is 5.10. The molecule has 30 heavy (non-hydrogen) atoms. The Labute approximate surface area is 189 Å². The molecule has 0 N–H and O–H groups in total. The average molecular weight is 420 g/mol. The minimum Gasteiger partial charge on any atom is -0.234 e. The molecule has 176 valence electrons. The Morgan fingerprint density at radius 1 is 0.567 bits per heavy atom. The van der Waals surface area contributed by atoms with Gasteiger partial charge < -0.3 is 0 Å². The molecule has 1 aromatic rings. The molecule has 0 aliphatic heterocycles. The Morgan fingerprint density at radius 2 is 1.03 bits per heavy atom. The van der Waals surface area contributed by atoms with E-state index >= 15 is 0 Å². The van der Waals surface area contributed by atoms with Gasteiger partial charge in [0.15, 0.2) is 0 Å². The normalized spacial score (nSPS) is 11.4. The highest BCUT2D eigenvalue weighted by Gasteiger charge is 2.15. The molecule has 2 nitrogen and oxygen atoms in total. The summed E-state index contributed by atoms with van der Waals surface area (Å²) in [6, 6.07) is 0. The molecule has 0 fully saturated rings. The molecule has 0 aliphatic rings. The molecule has 0 aromatic carbocycles. The second-order valence-corrected chi connectivity index (χ2v) is 9.51. The average Bonchev–Trinajstić information content (AvgIpc) is 3.13. The molecule has 0 atom stereocenters. The Kier molecular flexibility index (Phi) is 18.3. The van der Waals surface area contributed by atoms with Gasteiger partial charge in [0.2, 0.25) is 0 Å². The highest BCUT2D eigenvalue weighted by atomic mass is 15.1. The van der Waals surface area contributed by atoms with E-state index in [0.29, 0.717) is 0 Å². The van der Waals surface area contributed by atoms with Gasteiger partial charge in [-0.25, -0.2) is 9.13 Å². The summed E-state index contributed by atoms with van der Waals surface area (Å²) in [5, 5.41) is 0. The topological polar surface area (TPSA) is 8.81 Å². The van der Waals surface area contributed by atoms with Crippen LogP contribution in [0.5, 0.6) is 0 Å². The molecule has 0 saturated heterocycles. The van der Waals surface area contributed by atoms with Gasteiger partial charge in [-0.2, -0.15) is 0 Å². The van der Waals surface area contributed by atoms with Gasteiger partial charge >= 0.3 is 0 Å².